The molecule has 0 spiro atoms. The molecule has 0 unspecified atom stereocenters. The number of carbonyl (C=O) groups excluding carboxylic acids is 1. The number of hydrogen-bond donors (Lipinski definition) is 0. The summed E-state index contributed by atoms with van der Waals surface area (Å²) in [6.45, 7) is -0.0471. The monoisotopic (exact) mass is 376 g/mol. The Kier molecular flexibility index (Phi) is 3.77. The number of nitrogens with zero attached hydrogens (tertiary/aromatic N) is 4. The van der Waals surface area contributed by atoms with Crippen molar-refractivity contribution in [1.29, 1.82) is 0 Å². The van der Waals surface area contributed by atoms with Crippen LogP contribution < -0.4 is 11.2 Å². The molecule has 0 amide bonds. The van der Waals surface area contributed by atoms with Gasteiger partial charge in [0.1, 0.15) is 0 Å². The molecule has 3 rings (SSSR count). The highest BCUT2D eigenvalue weighted by atomic mass is 79.9. The van der Waals surface area contributed by atoms with Crippen LogP contribution in [0.1, 0.15) is 10.4 Å². The van der Waals surface area contributed by atoms with Crippen LogP contribution in [0.2, 0.25) is 0 Å². The van der Waals surface area contributed by atoms with Gasteiger partial charge in [-0.05, 0) is 15.9 Å². The highest BCUT2D eigenvalue weighted by Crippen LogP contribution is 2.17. The summed E-state index contributed by atoms with van der Waals surface area (Å²) in [4.78, 5) is 41.0. The second-order valence-electron chi connectivity index (χ2n) is 5.13. The first kappa shape index (κ1) is 15.4. The number of Topliss-reactive ketones (excluding diaryl/α,β-unsaturated/α-hetero) is 1. The Hall–Kier alpha value is -2.48. The predicted molar refractivity (Wildman–Crippen MR) is 88.7 cm³/mol. The average molecular weight is 377 g/mol. The summed E-state index contributed by atoms with van der Waals surface area (Å²) in [5, 5.41) is 0. The summed E-state index contributed by atoms with van der Waals surface area (Å²) in [5.41, 5.74) is 0.0516. The zero-order valence-electron chi connectivity index (χ0n) is 12.5. The van der Waals surface area contributed by atoms with Crippen LogP contribution in [0, 0.1) is 0 Å². The summed E-state index contributed by atoms with van der Waals surface area (Å²) in [6.07, 6.45) is 0. The smallest absolute Gasteiger partial charge is 0.305 e. The quantitative estimate of drug-likeness (QED) is 0.506. The van der Waals surface area contributed by atoms with Gasteiger partial charge in [0.05, 0.1) is 6.54 Å². The van der Waals surface area contributed by atoms with E-state index in [1.807, 2.05) is 6.07 Å². The molecule has 0 saturated heterocycles. The van der Waals surface area contributed by atoms with E-state index in [4.69, 9.17) is 0 Å². The van der Waals surface area contributed by atoms with Crippen molar-refractivity contribution in [3.63, 3.8) is 0 Å². The van der Waals surface area contributed by atoms with Crippen LogP contribution in [0.5, 0.6) is 0 Å². The topological polar surface area (TPSA) is 78.9 Å². The summed E-state index contributed by atoms with van der Waals surface area (Å²) in [5.74, 6) is -0.151. The van der Waals surface area contributed by atoms with Gasteiger partial charge in [-0.25, -0.2) is 9.78 Å². The van der Waals surface area contributed by atoms with E-state index in [1.54, 1.807) is 24.3 Å². The first-order valence-electron chi connectivity index (χ1n) is 6.82. The minimum atomic E-state index is -0.484. The highest BCUT2D eigenvalue weighted by molar-refractivity contribution is 9.10. The van der Waals surface area contributed by atoms with E-state index < -0.39 is 11.2 Å². The van der Waals surface area contributed by atoms with Crippen molar-refractivity contribution in [3.8, 4) is 0 Å². The molecule has 23 heavy (non-hydrogen) atoms. The van der Waals surface area contributed by atoms with Gasteiger partial charge in [0.15, 0.2) is 21.7 Å². The number of fused-ring (bicyclic) bond motifs is 1. The number of aromatic nitrogens is 4. The summed E-state index contributed by atoms with van der Waals surface area (Å²) in [7, 11) is 2.93. The van der Waals surface area contributed by atoms with Gasteiger partial charge in [0.25, 0.3) is 5.56 Å². The lowest BCUT2D eigenvalue weighted by Crippen LogP contribution is -2.37. The molecule has 0 saturated carbocycles. The number of rotatable bonds is 3. The fourth-order valence-electron chi connectivity index (χ4n) is 2.42. The van der Waals surface area contributed by atoms with Gasteiger partial charge >= 0.3 is 5.69 Å². The molecular formula is C15H13BrN4O3. The van der Waals surface area contributed by atoms with Crippen molar-refractivity contribution in [2.75, 3.05) is 0 Å². The first-order chi connectivity index (χ1) is 10.9. The van der Waals surface area contributed by atoms with Gasteiger partial charge in [-0.3, -0.25) is 18.7 Å². The Morgan fingerprint density at radius 1 is 1.13 bits per heavy atom. The fourth-order valence-corrected chi connectivity index (χ4v) is 2.89. The molecule has 1 aromatic carbocycles. The summed E-state index contributed by atoms with van der Waals surface area (Å²) in [6, 6.07) is 8.80. The average Bonchev–Trinajstić information content (AvgIpc) is 2.88. The number of ketones is 1. The van der Waals surface area contributed by atoms with Crippen LogP contribution in [0.4, 0.5) is 0 Å². The lowest BCUT2D eigenvalue weighted by atomic mass is 10.1. The Bertz CT molecular complexity index is 1030. The van der Waals surface area contributed by atoms with Crippen molar-refractivity contribution in [2.24, 2.45) is 14.1 Å². The normalized spacial score (nSPS) is 11.1. The van der Waals surface area contributed by atoms with Crippen LogP contribution in [-0.4, -0.2) is 24.5 Å². The predicted octanol–water partition coefficient (Wildman–Crippen LogP) is 1.08. The van der Waals surface area contributed by atoms with E-state index in [2.05, 4.69) is 20.9 Å². The standard InChI is InChI=1S/C15H13BrN4O3/c1-18-12-11(13(22)19(2)15(18)23)20(14(16)17-12)8-10(21)9-6-4-3-5-7-9/h3-7H,8H2,1-2H3. The molecule has 0 aliphatic rings. The number of halogens is 1. The van der Waals surface area contributed by atoms with Crippen LogP contribution in [0.25, 0.3) is 11.2 Å². The van der Waals surface area contributed by atoms with Gasteiger partial charge in [-0.1, -0.05) is 30.3 Å². The Morgan fingerprint density at radius 2 is 1.78 bits per heavy atom. The van der Waals surface area contributed by atoms with Crippen molar-refractivity contribution in [3.05, 3.63) is 61.5 Å². The van der Waals surface area contributed by atoms with Gasteiger partial charge in [0, 0.05) is 19.7 Å². The molecule has 0 radical (unpaired) electrons. The van der Waals surface area contributed by atoms with Crippen molar-refractivity contribution in [1.82, 2.24) is 18.7 Å². The zero-order valence-corrected chi connectivity index (χ0v) is 14.1. The molecule has 0 aliphatic heterocycles. The van der Waals surface area contributed by atoms with E-state index >= 15 is 0 Å². The van der Waals surface area contributed by atoms with Crippen LogP contribution in [0.3, 0.4) is 0 Å². The molecule has 0 N–H and O–H groups in total. The Morgan fingerprint density at radius 3 is 2.43 bits per heavy atom. The molecule has 0 atom stereocenters. The highest BCUT2D eigenvalue weighted by Gasteiger charge is 2.19. The maximum absolute atomic E-state index is 12.4. The number of hydrogen-bond acceptors (Lipinski definition) is 4. The number of benzene rings is 1. The minimum absolute atomic E-state index is 0.0471. The van der Waals surface area contributed by atoms with E-state index in [1.165, 1.54) is 23.2 Å². The second kappa shape index (κ2) is 5.62. The van der Waals surface area contributed by atoms with Crippen molar-refractivity contribution < 1.29 is 4.79 Å². The van der Waals surface area contributed by atoms with Crippen LogP contribution in [0.15, 0.2) is 44.7 Å². The van der Waals surface area contributed by atoms with Crippen molar-refractivity contribution >= 4 is 32.9 Å². The minimum Gasteiger partial charge on any atom is -0.305 e. The third kappa shape index (κ3) is 2.44. The maximum Gasteiger partial charge on any atom is 0.332 e. The van der Waals surface area contributed by atoms with Crippen LogP contribution in [-0.2, 0) is 20.6 Å². The van der Waals surface area contributed by atoms with E-state index in [9.17, 15) is 14.4 Å². The van der Waals surface area contributed by atoms with E-state index in [-0.39, 0.29) is 23.5 Å². The lowest BCUT2D eigenvalue weighted by molar-refractivity contribution is 0.0972. The molecule has 0 bridgehead atoms. The molecule has 7 nitrogen and oxygen atoms in total. The van der Waals surface area contributed by atoms with Crippen LogP contribution >= 0.6 is 15.9 Å². The van der Waals surface area contributed by atoms with Gasteiger partial charge in [-0.15, -0.1) is 0 Å². The Balaban J connectivity index is 2.19. The van der Waals surface area contributed by atoms with E-state index in [0.717, 1.165) is 4.57 Å². The third-order valence-electron chi connectivity index (χ3n) is 3.70. The second-order valence-corrected chi connectivity index (χ2v) is 5.84. The summed E-state index contributed by atoms with van der Waals surface area (Å²) >= 11 is 3.26. The van der Waals surface area contributed by atoms with E-state index in [0.29, 0.717) is 10.3 Å². The van der Waals surface area contributed by atoms with Crippen molar-refractivity contribution in [2.45, 2.75) is 6.54 Å². The molecule has 0 aliphatic carbocycles. The fraction of sp³-hybridized carbons (Fsp3) is 0.200. The lowest BCUT2D eigenvalue weighted by Gasteiger charge is -2.07. The molecule has 2 aromatic heterocycles. The zero-order chi connectivity index (χ0) is 16.7. The molecular weight excluding hydrogens is 364 g/mol. The number of carbonyl (C=O) groups is 1. The molecule has 118 valence electrons. The largest absolute Gasteiger partial charge is 0.332 e. The van der Waals surface area contributed by atoms with Gasteiger partial charge in [0.2, 0.25) is 0 Å². The molecule has 2 heterocycles. The number of aryl methyl sites for hydroxylation is 1. The maximum atomic E-state index is 12.4. The van der Waals surface area contributed by atoms with Gasteiger partial charge in [-0.2, -0.15) is 0 Å². The van der Waals surface area contributed by atoms with Gasteiger partial charge < -0.3 is 4.57 Å². The molecule has 0 fully saturated rings. The first-order valence-corrected chi connectivity index (χ1v) is 7.61. The molecule has 3 aromatic rings. The summed E-state index contributed by atoms with van der Waals surface area (Å²) < 4.78 is 4.09. The number of imidazole rings is 1. The third-order valence-corrected chi connectivity index (χ3v) is 4.30. The SMILES string of the molecule is Cn1c(=O)c2c(nc(Br)n2CC(=O)c2ccccc2)n(C)c1=O. The molecule has 8 heteroatoms. The Labute approximate surface area is 138 Å².